The van der Waals surface area contributed by atoms with Crippen molar-refractivity contribution in [1.29, 1.82) is 0 Å². The van der Waals surface area contributed by atoms with Gasteiger partial charge in [-0.2, -0.15) is 12.8 Å². The Morgan fingerprint density at radius 2 is 0.494 bits per heavy atom. The summed E-state index contributed by atoms with van der Waals surface area (Å²) in [5, 5.41) is 0. The van der Waals surface area contributed by atoms with Crippen LogP contribution in [-0.4, -0.2) is 4.70 Å². The third-order valence-corrected chi connectivity index (χ3v) is 17.3. The molecule has 0 atom stereocenters. The molecule has 0 saturated carbocycles. The average molecular weight is 1160 g/mol. The molecule has 470 valence electrons. The maximum Gasteiger partial charge on any atom is 2.00 e. The fraction of sp³-hybridized carbons (Fsp3) is 0.769. The number of rotatable bonds is 54. The van der Waals surface area contributed by atoms with Gasteiger partial charge in [0.2, 0.25) is 11.4 Å². The van der Waals surface area contributed by atoms with Gasteiger partial charge in [0.25, 0.3) is 0 Å². The van der Waals surface area contributed by atoms with Crippen molar-refractivity contribution in [3.8, 4) is 0 Å². The van der Waals surface area contributed by atoms with Gasteiger partial charge in [0.1, 0.15) is 0 Å². The molecule has 0 aromatic heterocycles. The third-order valence-electron chi connectivity index (χ3n) is 17.3. The van der Waals surface area contributed by atoms with Crippen LogP contribution in [0, 0.1) is 13.8 Å². The van der Waals surface area contributed by atoms with Crippen LogP contribution in [0.2, 0.25) is 0 Å². The summed E-state index contributed by atoms with van der Waals surface area (Å²) in [6, 6.07) is 17.8. The fourth-order valence-electron chi connectivity index (χ4n) is 11.9. The first-order chi connectivity index (χ1) is 39.5. The second-order valence-corrected chi connectivity index (χ2v) is 24.9. The predicted octanol–water partition coefficient (Wildman–Crippen LogP) is 28.0. The topological polar surface area (TPSA) is 25.3 Å². The molecule has 0 amide bonds. The molecule has 0 saturated heterocycles. The van der Waals surface area contributed by atoms with Crippen molar-refractivity contribution in [2.45, 2.75) is 388 Å². The molecular weight excluding hydrogens is 1020 g/mol. The van der Waals surface area contributed by atoms with Gasteiger partial charge >= 0.3 is 16.5 Å². The van der Waals surface area contributed by atoms with Crippen molar-refractivity contribution in [2.24, 2.45) is 0 Å². The van der Waals surface area contributed by atoms with Gasteiger partial charge in [-0.15, -0.1) is 0 Å². The number of allylic oxidation sites excluding steroid dienone is 2. The molecule has 1 aliphatic heterocycles. The van der Waals surface area contributed by atoms with E-state index in [2.05, 4.69) is 104 Å². The van der Waals surface area contributed by atoms with E-state index in [-0.39, 0.29) is 16.5 Å². The summed E-state index contributed by atoms with van der Waals surface area (Å²) in [6.07, 6.45) is 74.6. The molecule has 0 aliphatic carbocycles. The van der Waals surface area contributed by atoms with Crippen molar-refractivity contribution in [2.75, 3.05) is 0 Å². The van der Waals surface area contributed by atoms with E-state index in [0.29, 0.717) is 0 Å². The Bertz CT molecular complexity index is 1600. The maximum absolute atomic E-state index is 11.5. The smallest absolute Gasteiger partial charge is 0.493 e. The zero-order valence-corrected chi connectivity index (χ0v) is 56.4. The Kier molecular flexibility index (Phi) is 59.6. The van der Waals surface area contributed by atoms with Crippen LogP contribution in [0.5, 0.6) is 0 Å². The molecule has 0 fully saturated rings. The van der Waals surface area contributed by atoms with E-state index in [1.54, 1.807) is 0 Å². The van der Waals surface area contributed by atoms with Crippen LogP contribution in [0.3, 0.4) is 0 Å². The molecule has 0 bridgehead atoms. The van der Waals surface area contributed by atoms with Crippen molar-refractivity contribution in [1.82, 2.24) is 0 Å². The molecule has 0 N–H and O–H groups in total. The third kappa shape index (κ3) is 43.3. The Labute approximate surface area is 519 Å². The first-order valence-electron chi connectivity index (χ1n) is 36.2. The van der Waals surface area contributed by atoms with Crippen LogP contribution >= 0.6 is 0 Å². The van der Waals surface area contributed by atoms with E-state index in [1.807, 2.05) is 0 Å². The SMILES string of the molecule is CCCCCc1ccc(C2=C(CC)C(CCCC)=C(c3ccc(CCCCC)cc3)[N+]2=[N-])cc1.[CH2-]CCCCCCCCCCCCCCCCCCCCCC.[CH2-]CCCCCCCCCCCCCCCCCCCCCC.[Ni+2]. The van der Waals surface area contributed by atoms with Gasteiger partial charge in [0, 0.05) is 22.3 Å². The molecule has 81 heavy (non-hydrogen) atoms. The summed E-state index contributed by atoms with van der Waals surface area (Å²) in [7, 11) is 0. The van der Waals surface area contributed by atoms with Crippen LogP contribution in [0.4, 0.5) is 0 Å². The molecule has 0 unspecified atom stereocenters. The molecule has 0 spiro atoms. The Morgan fingerprint density at radius 1 is 0.272 bits per heavy atom. The van der Waals surface area contributed by atoms with Gasteiger partial charge in [-0.25, -0.2) is 4.70 Å². The normalized spacial score (nSPS) is 12.2. The zero-order valence-electron chi connectivity index (χ0n) is 55.4. The van der Waals surface area contributed by atoms with E-state index in [9.17, 15) is 5.53 Å². The second kappa shape index (κ2) is 61.1. The van der Waals surface area contributed by atoms with Crippen molar-refractivity contribution < 1.29 is 21.2 Å². The molecule has 1 heterocycles. The van der Waals surface area contributed by atoms with Crippen molar-refractivity contribution in [3.05, 3.63) is 101 Å². The molecule has 2 aromatic carbocycles. The molecule has 3 rings (SSSR count). The van der Waals surface area contributed by atoms with E-state index in [0.717, 1.165) is 73.9 Å². The van der Waals surface area contributed by atoms with Crippen LogP contribution in [0.25, 0.3) is 16.9 Å². The first-order valence-corrected chi connectivity index (χ1v) is 36.2. The van der Waals surface area contributed by atoms with Crippen molar-refractivity contribution in [3.63, 3.8) is 0 Å². The quantitative estimate of drug-likeness (QED) is 0.0273. The average Bonchev–Trinajstić information content (AvgIpc) is 3.82. The van der Waals surface area contributed by atoms with Crippen LogP contribution < -0.4 is 0 Å². The van der Waals surface area contributed by atoms with Crippen LogP contribution in [0.1, 0.15) is 398 Å². The monoisotopic (exact) mass is 1160 g/mol. The predicted molar refractivity (Wildman–Crippen MR) is 363 cm³/mol. The molecule has 1 aliphatic rings. The zero-order chi connectivity index (χ0) is 58.0. The molecule has 2 aromatic rings. The second-order valence-electron chi connectivity index (χ2n) is 24.9. The Hall–Kier alpha value is -1.99. The van der Waals surface area contributed by atoms with Gasteiger partial charge in [-0.1, -0.05) is 355 Å². The Balaban J connectivity index is 0.00000122. The maximum atomic E-state index is 11.5. The van der Waals surface area contributed by atoms with Crippen LogP contribution in [0.15, 0.2) is 59.7 Å². The minimum absolute atomic E-state index is 0. The standard InChI is InChI=1S/C32H44N2.2C23H47.Ni/c1-5-9-12-14-25-17-21-27(22-18-25)31-29(8-4)30(16-11-7-3)32(34(31)33)28-23-19-26(20-24-28)15-13-10-6-2;2*1-3-5-7-9-11-13-15-17-19-21-23-22-20-18-16-14-12-10-8-6-4-2;/h17-24H,5-16H2,1-4H3;2*1,3-23H2,2H3;/q;2*-1;+2. The first kappa shape index (κ1) is 79.0. The Morgan fingerprint density at radius 3 is 0.728 bits per heavy atom. The van der Waals surface area contributed by atoms with Gasteiger partial charge in [-0.05, 0) is 80.3 Å². The molecule has 0 radical (unpaired) electrons. The van der Waals surface area contributed by atoms with Crippen molar-refractivity contribution >= 4 is 11.4 Å². The molecular formula is C78H138N2Ni. The summed E-state index contributed by atoms with van der Waals surface area (Å²) < 4.78 is 1.49. The van der Waals surface area contributed by atoms with Gasteiger partial charge < -0.3 is 19.4 Å². The summed E-state index contributed by atoms with van der Waals surface area (Å²) >= 11 is 0. The minimum Gasteiger partial charge on any atom is -0.493 e. The van der Waals surface area contributed by atoms with E-state index >= 15 is 0 Å². The minimum atomic E-state index is 0. The number of hydrogen-bond acceptors (Lipinski definition) is 0. The number of aryl methyl sites for hydroxylation is 2. The molecule has 3 heteroatoms. The van der Waals surface area contributed by atoms with Gasteiger partial charge in [-0.3, -0.25) is 0 Å². The number of hydrogen-bond donors (Lipinski definition) is 0. The van der Waals surface area contributed by atoms with Crippen LogP contribution in [-0.2, 0) is 29.3 Å². The fourth-order valence-corrected chi connectivity index (χ4v) is 11.9. The van der Waals surface area contributed by atoms with E-state index in [4.69, 9.17) is 0 Å². The summed E-state index contributed by atoms with van der Waals surface area (Å²) in [5.74, 6) is 0. The van der Waals surface area contributed by atoms with E-state index in [1.165, 1.54) is 322 Å². The summed E-state index contributed by atoms with van der Waals surface area (Å²) in [4.78, 5) is 0. The van der Waals surface area contributed by atoms with E-state index < -0.39 is 0 Å². The van der Waals surface area contributed by atoms with Gasteiger partial charge in [0.15, 0.2) is 0 Å². The largest absolute Gasteiger partial charge is 2.00 e. The number of benzene rings is 2. The number of unbranched alkanes of at least 4 members (excludes halogenated alkanes) is 45. The number of nitrogens with zero attached hydrogens (tertiary/aromatic N) is 2. The van der Waals surface area contributed by atoms with Gasteiger partial charge in [0.05, 0.1) is 0 Å². The summed E-state index contributed by atoms with van der Waals surface area (Å²) in [6.45, 7) is 21.4. The summed E-state index contributed by atoms with van der Waals surface area (Å²) in [5.41, 5.74) is 21.1. The molecule has 2 nitrogen and oxygen atoms in total.